The Hall–Kier alpha value is -3.10. The number of aliphatic hydroxyl groups excluding tert-OH is 1. The minimum Gasteiger partial charge on any atom is -0.387 e. The molecule has 0 radical (unpaired) electrons. The minimum atomic E-state index is -4.38. The van der Waals surface area contributed by atoms with Crippen LogP contribution >= 0.6 is 7.82 Å². The zero-order valence-electron chi connectivity index (χ0n) is 45.5. The van der Waals surface area contributed by atoms with Crippen LogP contribution in [0.25, 0.3) is 0 Å². The number of unbranched alkanes of at least 4 members (excludes halogenated alkanes) is 18. The number of phosphoric acid groups is 1. The van der Waals surface area contributed by atoms with E-state index in [-0.39, 0.29) is 25.5 Å². The molecule has 0 aromatic carbocycles. The fraction of sp³-hybridized carbons (Fsp3) is 0.656. The first-order valence-corrected chi connectivity index (χ1v) is 29.4. The first-order chi connectivity index (χ1) is 34.0. The maximum absolute atomic E-state index is 13.0. The molecule has 0 fully saturated rings. The number of carbonyl (C=O) groups is 1. The summed E-state index contributed by atoms with van der Waals surface area (Å²) >= 11 is 0. The molecule has 0 spiro atoms. The van der Waals surface area contributed by atoms with Gasteiger partial charge in [0, 0.05) is 6.42 Å². The summed E-state index contributed by atoms with van der Waals surface area (Å²) < 4.78 is 23.6. The molecule has 9 heteroatoms. The molecule has 0 bridgehead atoms. The Morgan fingerprint density at radius 2 is 0.871 bits per heavy atom. The van der Waals surface area contributed by atoms with Gasteiger partial charge in [0.15, 0.2) is 0 Å². The summed E-state index contributed by atoms with van der Waals surface area (Å²) in [6.45, 7) is 4.64. The largest absolute Gasteiger partial charge is 0.472 e. The predicted octanol–water partition coefficient (Wildman–Crippen LogP) is 17.0. The third-order valence-corrected chi connectivity index (χ3v) is 12.6. The van der Waals surface area contributed by atoms with Crippen LogP contribution in [0.5, 0.6) is 0 Å². The number of hydrogen-bond donors (Lipinski definition) is 3. The van der Waals surface area contributed by atoms with Gasteiger partial charge < -0.3 is 19.8 Å². The molecule has 3 N–H and O–H groups in total. The molecule has 0 aliphatic heterocycles. The van der Waals surface area contributed by atoms with Crippen molar-refractivity contribution in [1.29, 1.82) is 0 Å². The highest BCUT2D eigenvalue weighted by molar-refractivity contribution is 7.47. The summed E-state index contributed by atoms with van der Waals surface area (Å²) in [7, 11) is 1.51. The number of carbonyl (C=O) groups excluding carboxylic acids is 1. The average molecular weight is 995 g/mol. The summed E-state index contributed by atoms with van der Waals surface area (Å²) in [4.78, 5) is 23.3. The van der Waals surface area contributed by atoms with E-state index in [1.165, 1.54) is 96.3 Å². The zero-order chi connectivity index (χ0) is 51.3. The second-order valence-corrected chi connectivity index (χ2v) is 21.0. The number of rotatable bonds is 49. The third kappa shape index (κ3) is 52.7. The maximum Gasteiger partial charge on any atom is 0.472 e. The molecule has 70 heavy (non-hydrogen) atoms. The minimum absolute atomic E-state index is 0.0405. The molecule has 3 atom stereocenters. The summed E-state index contributed by atoms with van der Waals surface area (Å²) in [6, 6.07) is -0.897. The molecule has 0 saturated carbocycles. The number of amides is 1. The lowest BCUT2D eigenvalue weighted by atomic mass is 10.0. The lowest BCUT2D eigenvalue weighted by molar-refractivity contribution is -0.870. The molecule has 400 valence electrons. The quantitative estimate of drug-likeness (QED) is 0.0243. The van der Waals surface area contributed by atoms with Crippen molar-refractivity contribution in [3.05, 3.63) is 122 Å². The second kappa shape index (κ2) is 50.8. The van der Waals surface area contributed by atoms with E-state index in [1.807, 2.05) is 27.2 Å². The van der Waals surface area contributed by atoms with Crippen molar-refractivity contribution in [2.24, 2.45) is 0 Å². The van der Waals surface area contributed by atoms with E-state index >= 15 is 0 Å². The Kier molecular flexibility index (Phi) is 48.6. The van der Waals surface area contributed by atoms with Crippen LogP contribution < -0.4 is 5.32 Å². The van der Waals surface area contributed by atoms with E-state index in [0.717, 1.165) is 83.5 Å². The van der Waals surface area contributed by atoms with Crippen molar-refractivity contribution in [2.75, 3.05) is 40.9 Å². The SMILES string of the molecule is CC/C=C\C/C=C\C/C=C\C/C=C\C/C=C\C/C=C\C/C=C\C/C=C\CCCCC(=O)NC(COP(=O)(O)OCC[N+](C)(C)C)C(O)/C=C/CC/C=C/CCCCCCCCCCCCCCCCC. The molecule has 0 rings (SSSR count). The van der Waals surface area contributed by atoms with Gasteiger partial charge in [0.05, 0.1) is 39.9 Å². The van der Waals surface area contributed by atoms with Gasteiger partial charge in [-0.15, -0.1) is 0 Å². The van der Waals surface area contributed by atoms with E-state index < -0.39 is 20.0 Å². The molecule has 1 amide bonds. The second-order valence-electron chi connectivity index (χ2n) is 19.6. The van der Waals surface area contributed by atoms with Crippen molar-refractivity contribution in [1.82, 2.24) is 5.32 Å². The van der Waals surface area contributed by atoms with E-state index in [9.17, 15) is 19.4 Å². The van der Waals surface area contributed by atoms with Gasteiger partial charge in [0.25, 0.3) is 0 Å². The standard InChI is InChI=1S/C61H105N2O6P/c1-6-8-10-12-14-16-18-20-22-24-26-28-29-30-31-32-33-35-37-39-41-43-45-47-49-51-53-55-61(65)62-59(58-69-70(66,67)68-57-56-63(3,4)5)60(64)54-52-50-48-46-44-42-40-38-36-34-27-25-23-21-19-17-15-13-11-9-7-2/h8,10,14,16,20,22,26,28,30-31,33,35,39,41,44-47,52,54,59-60,64H,6-7,9,11-13,15,17-19,21,23-25,27,29,32,34,36-38,40,42-43,48-51,53,55-58H2,1-5H3,(H-,62,65,66,67)/p+1/b10-8-,16-14-,22-20-,28-26-,31-30-,35-33-,41-39-,46-44+,47-45-,54-52+. The third-order valence-electron chi connectivity index (χ3n) is 11.7. The number of likely N-dealkylation sites (N-methyl/N-ethyl adjacent to an activating group) is 1. The maximum atomic E-state index is 13.0. The van der Waals surface area contributed by atoms with Crippen LogP contribution in [0.4, 0.5) is 0 Å². The average Bonchev–Trinajstić information content (AvgIpc) is 3.32. The Labute approximate surface area is 431 Å². The highest BCUT2D eigenvalue weighted by Gasteiger charge is 2.27. The van der Waals surface area contributed by atoms with E-state index in [1.54, 1.807) is 6.08 Å². The van der Waals surface area contributed by atoms with Crippen LogP contribution in [0, 0.1) is 0 Å². The summed E-state index contributed by atoms with van der Waals surface area (Å²) in [6.07, 6.45) is 75.9. The normalized spacial score (nSPS) is 14.9. The van der Waals surface area contributed by atoms with E-state index in [0.29, 0.717) is 17.4 Å². The van der Waals surface area contributed by atoms with Crippen LogP contribution in [0.2, 0.25) is 0 Å². The molecule has 0 saturated heterocycles. The van der Waals surface area contributed by atoms with Gasteiger partial charge in [-0.05, 0) is 96.3 Å². The van der Waals surface area contributed by atoms with E-state index in [2.05, 4.69) is 129 Å². The highest BCUT2D eigenvalue weighted by Crippen LogP contribution is 2.43. The number of nitrogens with zero attached hydrogens (tertiary/aromatic N) is 1. The summed E-state index contributed by atoms with van der Waals surface area (Å²) in [5, 5.41) is 13.9. The van der Waals surface area contributed by atoms with Gasteiger partial charge in [0.1, 0.15) is 13.2 Å². The zero-order valence-corrected chi connectivity index (χ0v) is 46.4. The molecular formula is C61H106N2O6P+. The molecule has 0 heterocycles. The van der Waals surface area contributed by atoms with Gasteiger partial charge in [-0.2, -0.15) is 0 Å². The number of nitrogens with one attached hydrogen (secondary N) is 1. The van der Waals surface area contributed by atoms with E-state index in [4.69, 9.17) is 9.05 Å². The molecule has 3 unspecified atom stereocenters. The Morgan fingerprint density at radius 1 is 0.500 bits per heavy atom. The first-order valence-electron chi connectivity index (χ1n) is 27.9. The fourth-order valence-corrected chi connectivity index (χ4v) is 8.04. The van der Waals surface area contributed by atoms with Crippen LogP contribution in [-0.2, 0) is 18.4 Å². The highest BCUT2D eigenvalue weighted by atomic mass is 31.2. The molecule has 0 aromatic rings. The van der Waals surface area contributed by atoms with Gasteiger partial charge in [-0.1, -0.05) is 225 Å². The monoisotopic (exact) mass is 994 g/mol. The van der Waals surface area contributed by atoms with Gasteiger partial charge in [0.2, 0.25) is 5.91 Å². The molecule has 0 aromatic heterocycles. The van der Waals surface area contributed by atoms with Crippen LogP contribution in [0.15, 0.2) is 122 Å². The van der Waals surface area contributed by atoms with Crippen molar-refractivity contribution in [3.8, 4) is 0 Å². The number of aliphatic hydroxyl groups is 1. The van der Waals surface area contributed by atoms with Crippen molar-refractivity contribution < 1.29 is 32.9 Å². The van der Waals surface area contributed by atoms with Gasteiger partial charge in [-0.3, -0.25) is 13.8 Å². The number of quaternary nitrogens is 1. The summed E-state index contributed by atoms with van der Waals surface area (Å²) in [5.41, 5.74) is 0. The van der Waals surface area contributed by atoms with Crippen LogP contribution in [0.1, 0.15) is 206 Å². The summed E-state index contributed by atoms with van der Waals surface area (Å²) in [5.74, 6) is -0.233. The van der Waals surface area contributed by atoms with Crippen molar-refractivity contribution in [3.63, 3.8) is 0 Å². The Bertz CT molecular complexity index is 1550. The van der Waals surface area contributed by atoms with Gasteiger partial charge in [-0.25, -0.2) is 4.57 Å². The molecule has 0 aliphatic carbocycles. The lowest BCUT2D eigenvalue weighted by Crippen LogP contribution is -2.45. The number of phosphoric ester groups is 1. The van der Waals surface area contributed by atoms with Crippen LogP contribution in [0.3, 0.4) is 0 Å². The molecule has 0 aliphatic rings. The van der Waals surface area contributed by atoms with Crippen molar-refractivity contribution in [2.45, 2.75) is 219 Å². The fourth-order valence-electron chi connectivity index (χ4n) is 7.31. The lowest BCUT2D eigenvalue weighted by Gasteiger charge is -2.25. The van der Waals surface area contributed by atoms with Crippen molar-refractivity contribution >= 4 is 13.7 Å². The molecular weight excluding hydrogens is 888 g/mol. The smallest absolute Gasteiger partial charge is 0.387 e. The van der Waals surface area contributed by atoms with Gasteiger partial charge >= 0.3 is 7.82 Å². The Morgan fingerprint density at radius 3 is 1.31 bits per heavy atom. The first kappa shape index (κ1) is 66.9. The topological polar surface area (TPSA) is 105 Å². The van der Waals surface area contributed by atoms with Crippen LogP contribution in [-0.4, -0.2) is 73.4 Å². The predicted molar refractivity (Wildman–Crippen MR) is 304 cm³/mol. The Balaban J connectivity index is 4.43. The number of hydrogen-bond acceptors (Lipinski definition) is 5. The molecule has 8 nitrogen and oxygen atoms in total. The number of allylic oxidation sites excluding steroid dienone is 19.